The van der Waals surface area contributed by atoms with Crippen LogP contribution in [0.5, 0.6) is 0 Å². The summed E-state index contributed by atoms with van der Waals surface area (Å²) in [5, 5.41) is 9.50. The number of nitrogens with zero attached hydrogens (tertiary/aromatic N) is 1. The monoisotopic (exact) mass is 317 g/mol. The minimum Gasteiger partial charge on any atom is -0.374 e. The molecule has 1 unspecified atom stereocenters. The number of hydrazone groups is 1. The summed E-state index contributed by atoms with van der Waals surface area (Å²) < 4.78 is 0. The minimum atomic E-state index is -0.390. The summed E-state index contributed by atoms with van der Waals surface area (Å²) in [6.45, 7) is 1.81. The summed E-state index contributed by atoms with van der Waals surface area (Å²) >= 11 is 0. The smallest absolute Gasteiger partial charge is 0.262 e. The van der Waals surface area contributed by atoms with E-state index in [1.54, 1.807) is 6.21 Å². The lowest BCUT2D eigenvalue weighted by molar-refractivity contribution is -0.121. The topological polar surface area (TPSA) is 53.5 Å². The summed E-state index contributed by atoms with van der Waals surface area (Å²) in [5.41, 5.74) is 4.40. The zero-order valence-corrected chi connectivity index (χ0v) is 13.4. The predicted octanol–water partition coefficient (Wildman–Crippen LogP) is 3.79. The summed E-state index contributed by atoms with van der Waals surface area (Å²) in [7, 11) is 0. The SMILES string of the molecule is CC(Nc1ccc2ccccc2c1)C(=O)NN=Cc1ccccc1. The average molecular weight is 317 g/mol. The summed E-state index contributed by atoms with van der Waals surface area (Å²) in [5.74, 6) is -0.185. The Balaban J connectivity index is 1.59. The van der Waals surface area contributed by atoms with Crippen molar-refractivity contribution in [1.29, 1.82) is 0 Å². The van der Waals surface area contributed by atoms with E-state index in [0.29, 0.717) is 0 Å². The second-order valence-electron chi connectivity index (χ2n) is 5.57. The fourth-order valence-corrected chi connectivity index (χ4v) is 2.40. The van der Waals surface area contributed by atoms with Gasteiger partial charge in [0.1, 0.15) is 6.04 Å². The standard InChI is InChI=1S/C20H19N3O/c1-15(20(24)23-21-14-16-7-3-2-4-8-16)22-19-12-11-17-9-5-6-10-18(17)13-19/h2-15,22H,1H3,(H,23,24). The minimum absolute atomic E-state index is 0.185. The van der Waals surface area contributed by atoms with Crippen LogP contribution in [0.4, 0.5) is 5.69 Å². The molecule has 3 aromatic rings. The van der Waals surface area contributed by atoms with E-state index in [1.165, 1.54) is 5.39 Å². The number of amides is 1. The molecule has 0 saturated heterocycles. The number of nitrogens with one attached hydrogen (secondary N) is 2. The predicted molar refractivity (Wildman–Crippen MR) is 99.2 cm³/mol. The van der Waals surface area contributed by atoms with Gasteiger partial charge in [0.05, 0.1) is 6.21 Å². The molecule has 0 aliphatic rings. The fraction of sp³-hybridized carbons (Fsp3) is 0.100. The number of benzene rings is 3. The molecule has 120 valence electrons. The molecule has 1 atom stereocenters. The largest absolute Gasteiger partial charge is 0.374 e. The van der Waals surface area contributed by atoms with Crippen molar-refractivity contribution in [3.05, 3.63) is 78.4 Å². The van der Waals surface area contributed by atoms with E-state index in [2.05, 4.69) is 28.0 Å². The molecule has 2 N–H and O–H groups in total. The maximum absolute atomic E-state index is 12.1. The molecule has 4 heteroatoms. The van der Waals surface area contributed by atoms with Gasteiger partial charge in [0.15, 0.2) is 0 Å². The van der Waals surface area contributed by atoms with E-state index in [0.717, 1.165) is 16.6 Å². The molecule has 24 heavy (non-hydrogen) atoms. The first-order valence-electron chi connectivity index (χ1n) is 7.86. The summed E-state index contributed by atoms with van der Waals surface area (Å²) in [6.07, 6.45) is 1.63. The van der Waals surface area contributed by atoms with Gasteiger partial charge in [-0.3, -0.25) is 4.79 Å². The maximum Gasteiger partial charge on any atom is 0.262 e. The first-order chi connectivity index (χ1) is 11.7. The highest BCUT2D eigenvalue weighted by Gasteiger charge is 2.11. The zero-order chi connectivity index (χ0) is 16.8. The molecule has 0 aromatic heterocycles. The zero-order valence-electron chi connectivity index (χ0n) is 13.4. The van der Waals surface area contributed by atoms with Crippen LogP contribution in [-0.2, 0) is 4.79 Å². The number of anilines is 1. The quantitative estimate of drug-likeness (QED) is 0.555. The molecule has 4 nitrogen and oxygen atoms in total. The number of carbonyl (C=O) groups is 1. The molecule has 0 heterocycles. The van der Waals surface area contributed by atoms with Crippen molar-refractivity contribution in [2.45, 2.75) is 13.0 Å². The third kappa shape index (κ3) is 3.98. The molecule has 0 spiro atoms. The molecule has 0 aliphatic heterocycles. The van der Waals surface area contributed by atoms with Crippen molar-refractivity contribution >= 4 is 28.6 Å². The molecule has 1 amide bonds. The molecule has 3 rings (SSSR count). The first-order valence-corrected chi connectivity index (χ1v) is 7.86. The van der Waals surface area contributed by atoms with Gasteiger partial charge in [-0.25, -0.2) is 5.43 Å². The molecule has 0 radical (unpaired) electrons. The third-order valence-electron chi connectivity index (χ3n) is 3.71. The molecule has 0 aliphatic carbocycles. The van der Waals surface area contributed by atoms with Gasteiger partial charge in [0.2, 0.25) is 0 Å². The highest BCUT2D eigenvalue weighted by Crippen LogP contribution is 2.19. The van der Waals surface area contributed by atoms with Gasteiger partial charge in [-0.2, -0.15) is 5.10 Å². The Morgan fingerprint density at radius 3 is 2.46 bits per heavy atom. The van der Waals surface area contributed by atoms with E-state index < -0.39 is 0 Å². The van der Waals surface area contributed by atoms with Crippen LogP contribution >= 0.6 is 0 Å². The summed E-state index contributed by atoms with van der Waals surface area (Å²) in [4.78, 5) is 12.1. The number of fused-ring (bicyclic) bond motifs is 1. The van der Waals surface area contributed by atoms with Crippen LogP contribution in [-0.4, -0.2) is 18.2 Å². The Hall–Kier alpha value is -3.14. The maximum atomic E-state index is 12.1. The lowest BCUT2D eigenvalue weighted by atomic mass is 10.1. The van der Waals surface area contributed by atoms with Crippen molar-refractivity contribution in [3.8, 4) is 0 Å². The van der Waals surface area contributed by atoms with E-state index in [9.17, 15) is 4.79 Å². The van der Waals surface area contributed by atoms with Crippen molar-refractivity contribution in [2.75, 3.05) is 5.32 Å². The average Bonchev–Trinajstić information content (AvgIpc) is 2.62. The van der Waals surface area contributed by atoms with Crippen LogP contribution in [0, 0.1) is 0 Å². The Bertz CT molecular complexity index is 859. The molecule has 0 fully saturated rings. The normalized spacial score (nSPS) is 12.2. The Labute approximate surface area is 141 Å². The van der Waals surface area contributed by atoms with Gasteiger partial charge in [0.25, 0.3) is 5.91 Å². The van der Waals surface area contributed by atoms with Crippen LogP contribution < -0.4 is 10.7 Å². The Kier molecular flexibility index (Phi) is 4.87. The van der Waals surface area contributed by atoms with Crippen LogP contribution in [0.2, 0.25) is 0 Å². The Morgan fingerprint density at radius 1 is 0.958 bits per heavy atom. The molecule has 3 aromatic carbocycles. The molecular weight excluding hydrogens is 298 g/mol. The lowest BCUT2D eigenvalue weighted by Crippen LogP contribution is -2.34. The highest BCUT2D eigenvalue weighted by molar-refractivity contribution is 5.89. The second-order valence-corrected chi connectivity index (χ2v) is 5.57. The molecular formula is C20H19N3O. The van der Waals surface area contributed by atoms with Crippen molar-refractivity contribution in [3.63, 3.8) is 0 Å². The number of carbonyl (C=O) groups excluding carboxylic acids is 1. The molecule has 0 saturated carbocycles. The van der Waals surface area contributed by atoms with Gasteiger partial charge < -0.3 is 5.32 Å². The number of hydrogen-bond donors (Lipinski definition) is 2. The lowest BCUT2D eigenvalue weighted by Gasteiger charge is -2.14. The van der Waals surface area contributed by atoms with E-state index in [-0.39, 0.29) is 11.9 Å². The van der Waals surface area contributed by atoms with Gasteiger partial charge in [-0.15, -0.1) is 0 Å². The number of rotatable bonds is 5. The van der Waals surface area contributed by atoms with Gasteiger partial charge in [0, 0.05) is 5.69 Å². The van der Waals surface area contributed by atoms with Gasteiger partial charge >= 0.3 is 0 Å². The fourth-order valence-electron chi connectivity index (χ4n) is 2.40. The van der Waals surface area contributed by atoms with Gasteiger partial charge in [-0.1, -0.05) is 60.7 Å². The van der Waals surface area contributed by atoms with Crippen LogP contribution in [0.3, 0.4) is 0 Å². The third-order valence-corrected chi connectivity index (χ3v) is 3.71. The second kappa shape index (κ2) is 7.42. The summed E-state index contributed by atoms with van der Waals surface area (Å²) in [6, 6.07) is 23.4. The van der Waals surface area contributed by atoms with E-state index >= 15 is 0 Å². The van der Waals surface area contributed by atoms with Crippen LogP contribution in [0.25, 0.3) is 10.8 Å². The van der Waals surface area contributed by atoms with Crippen molar-refractivity contribution in [2.24, 2.45) is 5.10 Å². The van der Waals surface area contributed by atoms with Crippen molar-refractivity contribution in [1.82, 2.24) is 5.43 Å². The van der Waals surface area contributed by atoms with Crippen LogP contribution in [0.15, 0.2) is 77.9 Å². The Morgan fingerprint density at radius 2 is 1.67 bits per heavy atom. The molecule has 0 bridgehead atoms. The van der Waals surface area contributed by atoms with Crippen LogP contribution in [0.1, 0.15) is 12.5 Å². The first kappa shape index (κ1) is 15.7. The van der Waals surface area contributed by atoms with E-state index in [4.69, 9.17) is 0 Å². The van der Waals surface area contributed by atoms with E-state index in [1.807, 2.05) is 67.6 Å². The highest BCUT2D eigenvalue weighted by atomic mass is 16.2. The number of hydrogen-bond acceptors (Lipinski definition) is 3. The van der Waals surface area contributed by atoms with Gasteiger partial charge in [-0.05, 0) is 35.4 Å². The van der Waals surface area contributed by atoms with Crippen molar-refractivity contribution < 1.29 is 4.79 Å².